The molecule has 1 aliphatic rings. The van der Waals surface area contributed by atoms with E-state index < -0.39 is 0 Å². The third kappa shape index (κ3) is 2.27. The van der Waals surface area contributed by atoms with Gasteiger partial charge in [-0.15, -0.1) is 0 Å². The van der Waals surface area contributed by atoms with E-state index in [0.29, 0.717) is 0 Å². The van der Waals surface area contributed by atoms with Crippen LogP contribution in [0.1, 0.15) is 19.8 Å². The van der Waals surface area contributed by atoms with E-state index in [-0.39, 0.29) is 0 Å². The standard InChI is InChI=1S/C8H11N/c1-8-6-4-2-3-5-7-9-8/h2,4,6-7H,3,5H2,1H3. The first-order valence-corrected chi connectivity index (χ1v) is 3.25. The maximum Gasteiger partial charge on any atom is 0.0368 e. The third-order valence-corrected chi connectivity index (χ3v) is 1.23. The summed E-state index contributed by atoms with van der Waals surface area (Å²) in [6.45, 7) is 2.01. The topological polar surface area (TPSA) is 12.4 Å². The van der Waals surface area contributed by atoms with Gasteiger partial charge >= 0.3 is 0 Å². The molecule has 0 atom stereocenters. The van der Waals surface area contributed by atoms with Crippen molar-refractivity contribution in [2.45, 2.75) is 19.8 Å². The summed E-state index contributed by atoms with van der Waals surface area (Å²) < 4.78 is 0. The molecule has 48 valence electrons. The molecule has 0 aliphatic carbocycles. The van der Waals surface area contributed by atoms with Crippen LogP contribution in [0.4, 0.5) is 0 Å². The molecule has 0 amide bonds. The van der Waals surface area contributed by atoms with Crippen LogP contribution in [-0.4, -0.2) is 6.21 Å². The zero-order chi connectivity index (χ0) is 6.53. The van der Waals surface area contributed by atoms with Crippen molar-refractivity contribution in [1.29, 1.82) is 0 Å². The monoisotopic (exact) mass is 121 g/mol. The van der Waals surface area contributed by atoms with Crippen LogP contribution in [0, 0.1) is 0 Å². The van der Waals surface area contributed by atoms with Crippen LogP contribution in [0.2, 0.25) is 0 Å². The first-order chi connectivity index (χ1) is 4.39. The van der Waals surface area contributed by atoms with E-state index in [1.807, 2.05) is 19.2 Å². The van der Waals surface area contributed by atoms with Gasteiger partial charge in [-0.3, -0.25) is 4.99 Å². The first-order valence-electron chi connectivity index (χ1n) is 3.25. The van der Waals surface area contributed by atoms with Crippen molar-refractivity contribution in [3.05, 3.63) is 23.9 Å². The molecule has 0 fully saturated rings. The summed E-state index contributed by atoms with van der Waals surface area (Å²) in [5, 5.41) is 0. The SMILES string of the molecule is CC1=CC=CCCC=N1. The summed E-state index contributed by atoms with van der Waals surface area (Å²) in [7, 11) is 0. The molecule has 0 N–H and O–H groups in total. The summed E-state index contributed by atoms with van der Waals surface area (Å²) in [4.78, 5) is 4.17. The van der Waals surface area contributed by atoms with Gasteiger partial charge in [-0.25, -0.2) is 0 Å². The van der Waals surface area contributed by atoms with Gasteiger partial charge in [-0.2, -0.15) is 0 Å². The minimum atomic E-state index is 1.07. The van der Waals surface area contributed by atoms with Crippen LogP contribution >= 0.6 is 0 Å². The maximum atomic E-state index is 4.17. The van der Waals surface area contributed by atoms with Crippen molar-refractivity contribution in [1.82, 2.24) is 0 Å². The number of aliphatic imine (C=N–C) groups is 1. The zero-order valence-corrected chi connectivity index (χ0v) is 5.67. The van der Waals surface area contributed by atoms with Gasteiger partial charge in [0.15, 0.2) is 0 Å². The highest BCUT2D eigenvalue weighted by atomic mass is 14.7. The molecule has 0 aromatic rings. The van der Waals surface area contributed by atoms with Gasteiger partial charge in [0.1, 0.15) is 0 Å². The molecule has 1 rings (SSSR count). The molecule has 1 aliphatic heterocycles. The smallest absolute Gasteiger partial charge is 0.0368 e. The summed E-state index contributed by atoms with van der Waals surface area (Å²) in [6.07, 6.45) is 10.4. The van der Waals surface area contributed by atoms with Crippen molar-refractivity contribution in [2.75, 3.05) is 0 Å². The lowest BCUT2D eigenvalue weighted by atomic mass is 10.2. The van der Waals surface area contributed by atoms with E-state index in [1.165, 1.54) is 0 Å². The van der Waals surface area contributed by atoms with Gasteiger partial charge in [0.25, 0.3) is 0 Å². The van der Waals surface area contributed by atoms with E-state index in [1.54, 1.807) is 0 Å². The molecule has 0 aromatic carbocycles. The summed E-state index contributed by atoms with van der Waals surface area (Å²) in [5.74, 6) is 0. The van der Waals surface area contributed by atoms with Crippen LogP contribution < -0.4 is 0 Å². The van der Waals surface area contributed by atoms with Gasteiger partial charge in [-0.05, 0) is 25.8 Å². The van der Waals surface area contributed by atoms with E-state index in [0.717, 1.165) is 18.5 Å². The van der Waals surface area contributed by atoms with Crippen molar-refractivity contribution >= 4 is 6.21 Å². The molecule has 9 heavy (non-hydrogen) atoms. The van der Waals surface area contributed by atoms with Gasteiger partial charge in [0.2, 0.25) is 0 Å². The van der Waals surface area contributed by atoms with Gasteiger partial charge in [0.05, 0.1) is 0 Å². The summed E-state index contributed by atoms with van der Waals surface area (Å²) in [5.41, 5.74) is 1.09. The molecule has 0 spiro atoms. The first kappa shape index (κ1) is 6.27. The van der Waals surface area contributed by atoms with E-state index in [9.17, 15) is 0 Å². The van der Waals surface area contributed by atoms with Crippen LogP contribution in [0.5, 0.6) is 0 Å². The minimum Gasteiger partial charge on any atom is -0.266 e. The normalized spacial score (nSPS) is 18.6. The predicted octanol–water partition coefficient (Wildman–Crippen LogP) is 2.31. The Morgan fingerprint density at radius 3 is 3.22 bits per heavy atom. The number of allylic oxidation sites excluding steroid dienone is 4. The number of hydrogen-bond donors (Lipinski definition) is 0. The fourth-order valence-electron chi connectivity index (χ4n) is 0.726. The van der Waals surface area contributed by atoms with Crippen molar-refractivity contribution < 1.29 is 0 Å². The van der Waals surface area contributed by atoms with Crippen molar-refractivity contribution in [3.63, 3.8) is 0 Å². The van der Waals surface area contributed by atoms with Gasteiger partial charge < -0.3 is 0 Å². The molecule has 0 saturated carbocycles. The van der Waals surface area contributed by atoms with Crippen LogP contribution in [-0.2, 0) is 0 Å². The lowest BCUT2D eigenvalue weighted by Crippen LogP contribution is -1.78. The lowest BCUT2D eigenvalue weighted by molar-refractivity contribution is 1.10. The zero-order valence-electron chi connectivity index (χ0n) is 5.67. The highest BCUT2D eigenvalue weighted by Gasteiger charge is 1.83. The Hall–Kier alpha value is -0.850. The van der Waals surface area contributed by atoms with Crippen LogP contribution in [0.25, 0.3) is 0 Å². The molecule has 0 bridgehead atoms. The van der Waals surface area contributed by atoms with E-state index >= 15 is 0 Å². The van der Waals surface area contributed by atoms with Gasteiger partial charge in [0, 0.05) is 11.9 Å². The highest BCUT2D eigenvalue weighted by molar-refractivity contribution is 5.59. The second-order valence-corrected chi connectivity index (χ2v) is 2.13. The number of hydrogen-bond acceptors (Lipinski definition) is 1. The Bertz CT molecular complexity index is 163. The third-order valence-electron chi connectivity index (χ3n) is 1.23. The Kier molecular flexibility index (Phi) is 2.25. The summed E-state index contributed by atoms with van der Waals surface area (Å²) in [6, 6.07) is 0. The molecule has 0 aromatic heterocycles. The average molecular weight is 121 g/mol. The molecule has 1 heteroatoms. The fourth-order valence-corrected chi connectivity index (χ4v) is 0.726. The predicted molar refractivity (Wildman–Crippen MR) is 40.6 cm³/mol. The average Bonchev–Trinajstić information content (AvgIpc) is 1.79. The quantitative estimate of drug-likeness (QED) is 0.466. The molecular weight excluding hydrogens is 110 g/mol. The Labute approximate surface area is 55.8 Å². The molecule has 1 heterocycles. The van der Waals surface area contributed by atoms with Gasteiger partial charge in [-0.1, -0.05) is 12.2 Å². The lowest BCUT2D eigenvalue weighted by Gasteiger charge is -1.92. The Morgan fingerprint density at radius 1 is 1.44 bits per heavy atom. The minimum absolute atomic E-state index is 1.07. The Morgan fingerprint density at radius 2 is 2.33 bits per heavy atom. The fraction of sp³-hybridized carbons (Fsp3) is 0.375. The molecule has 0 saturated heterocycles. The molecule has 0 unspecified atom stereocenters. The van der Waals surface area contributed by atoms with E-state index in [2.05, 4.69) is 17.1 Å². The molecule has 0 radical (unpaired) electrons. The van der Waals surface area contributed by atoms with E-state index in [4.69, 9.17) is 0 Å². The second-order valence-electron chi connectivity index (χ2n) is 2.13. The largest absolute Gasteiger partial charge is 0.266 e. The second kappa shape index (κ2) is 3.23. The Balaban J connectivity index is 2.66. The van der Waals surface area contributed by atoms with Crippen LogP contribution in [0.3, 0.4) is 0 Å². The van der Waals surface area contributed by atoms with Crippen molar-refractivity contribution in [2.24, 2.45) is 4.99 Å². The maximum absolute atomic E-state index is 4.17. The number of rotatable bonds is 0. The molecular formula is C8H11N. The highest BCUT2D eigenvalue weighted by Crippen LogP contribution is 1.99. The summed E-state index contributed by atoms with van der Waals surface area (Å²) >= 11 is 0. The van der Waals surface area contributed by atoms with Crippen LogP contribution in [0.15, 0.2) is 28.9 Å². The molecule has 1 nitrogen and oxygen atoms in total. The number of nitrogens with zero attached hydrogens (tertiary/aromatic N) is 1. The van der Waals surface area contributed by atoms with Crippen molar-refractivity contribution in [3.8, 4) is 0 Å².